The maximum atomic E-state index is 11.4. The molecule has 3 heteroatoms. The second-order valence-electron chi connectivity index (χ2n) is 4.40. The Morgan fingerprint density at radius 3 is 2.79 bits per heavy atom. The minimum atomic E-state index is 0.261. The van der Waals surface area contributed by atoms with Crippen LogP contribution < -0.4 is 11.1 Å². The molecule has 1 aliphatic rings. The standard InChI is InChI=1S/C11H22N2O/c1-9(8-12)4-3-7-13-11(14)10-5-2-6-10/h9-10H,2-8,12H2,1H3,(H,13,14). The molecule has 0 aromatic rings. The molecular weight excluding hydrogens is 176 g/mol. The van der Waals surface area contributed by atoms with E-state index in [9.17, 15) is 4.79 Å². The summed E-state index contributed by atoms with van der Waals surface area (Å²) >= 11 is 0. The van der Waals surface area contributed by atoms with Crippen LogP contribution in [-0.2, 0) is 4.79 Å². The van der Waals surface area contributed by atoms with Gasteiger partial charge in [0.1, 0.15) is 0 Å². The number of hydrogen-bond donors (Lipinski definition) is 2. The highest BCUT2D eigenvalue weighted by Crippen LogP contribution is 2.26. The fraction of sp³-hybridized carbons (Fsp3) is 0.909. The number of rotatable bonds is 6. The fourth-order valence-electron chi connectivity index (χ4n) is 1.59. The first kappa shape index (κ1) is 11.5. The van der Waals surface area contributed by atoms with Crippen molar-refractivity contribution in [2.45, 2.75) is 39.0 Å². The van der Waals surface area contributed by atoms with Crippen molar-refractivity contribution in [1.29, 1.82) is 0 Å². The van der Waals surface area contributed by atoms with E-state index in [0.717, 1.165) is 38.8 Å². The van der Waals surface area contributed by atoms with Gasteiger partial charge in [-0.25, -0.2) is 0 Å². The monoisotopic (exact) mass is 198 g/mol. The molecule has 1 amide bonds. The van der Waals surface area contributed by atoms with Crippen LogP contribution in [0.4, 0.5) is 0 Å². The molecule has 3 N–H and O–H groups in total. The number of carbonyl (C=O) groups excluding carboxylic acids is 1. The number of carbonyl (C=O) groups is 1. The van der Waals surface area contributed by atoms with Gasteiger partial charge < -0.3 is 11.1 Å². The van der Waals surface area contributed by atoms with Crippen molar-refractivity contribution in [3.05, 3.63) is 0 Å². The molecular formula is C11H22N2O. The average molecular weight is 198 g/mol. The molecule has 1 fully saturated rings. The van der Waals surface area contributed by atoms with Crippen LogP contribution in [-0.4, -0.2) is 19.0 Å². The molecule has 0 aliphatic heterocycles. The zero-order valence-corrected chi connectivity index (χ0v) is 9.09. The van der Waals surface area contributed by atoms with E-state index in [1.165, 1.54) is 6.42 Å². The number of nitrogens with one attached hydrogen (secondary N) is 1. The van der Waals surface area contributed by atoms with Gasteiger partial charge in [-0.1, -0.05) is 13.3 Å². The van der Waals surface area contributed by atoms with Gasteiger partial charge >= 0.3 is 0 Å². The molecule has 0 spiro atoms. The van der Waals surface area contributed by atoms with E-state index < -0.39 is 0 Å². The van der Waals surface area contributed by atoms with E-state index >= 15 is 0 Å². The Morgan fingerprint density at radius 2 is 2.29 bits per heavy atom. The summed E-state index contributed by atoms with van der Waals surface area (Å²) in [4.78, 5) is 11.4. The fourth-order valence-corrected chi connectivity index (χ4v) is 1.59. The van der Waals surface area contributed by atoms with Gasteiger partial charge in [0, 0.05) is 12.5 Å². The van der Waals surface area contributed by atoms with Crippen LogP contribution >= 0.6 is 0 Å². The molecule has 0 radical (unpaired) electrons. The maximum Gasteiger partial charge on any atom is 0.223 e. The van der Waals surface area contributed by atoms with Crippen LogP contribution in [0.2, 0.25) is 0 Å². The Kier molecular flexibility index (Phi) is 4.94. The first-order chi connectivity index (χ1) is 6.74. The zero-order valence-electron chi connectivity index (χ0n) is 9.09. The second-order valence-corrected chi connectivity index (χ2v) is 4.40. The first-order valence-electron chi connectivity index (χ1n) is 5.71. The third kappa shape index (κ3) is 3.66. The Bertz CT molecular complexity index is 178. The van der Waals surface area contributed by atoms with Gasteiger partial charge in [-0.2, -0.15) is 0 Å². The van der Waals surface area contributed by atoms with Crippen LogP contribution in [0.3, 0.4) is 0 Å². The van der Waals surface area contributed by atoms with Gasteiger partial charge in [0.05, 0.1) is 0 Å². The van der Waals surface area contributed by atoms with E-state index in [4.69, 9.17) is 5.73 Å². The lowest BCUT2D eigenvalue weighted by Crippen LogP contribution is -2.35. The summed E-state index contributed by atoms with van der Waals surface area (Å²) in [5.74, 6) is 1.16. The van der Waals surface area contributed by atoms with E-state index in [1.807, 2.05) is 0 Å². The van der Waals surface area contributed by atoms with Gasteiger partial charge in [0.2, 0.25) is 5.91 Å². The second kappa shape index (κ2) is 6.02. The minimum absolute atomic E-state index is 0.261. The van der Waals surface area contributed by atoms with Gasteiger partial charge in [-0.15, -0.1) is 0 Å². The summed E-state index contributed by atoms with van der Waals surface area (Å²) in [7, 11) is 0. The van der Waals surface area contributed by atoms with Crippen molar-refractivity contribution >= 4 is 5.91 Å². The van der Waals surface area contributed by atoms with Crippen molar-refractivity contribution in [2.75, 3.05) is 13.1 Å². The van der Waals surface area contributed by atoms with E-state index in [2.05, 4.69) is 12.2 Å². The Morgan fingerprint density at radius 1 is 1.57 bits per heavy atom. The number of hydrogen-bond acceptors (Lipinski definition) is 2. The molecule has 1 saturated carbocycles. The predicted octanol–water partition coefficient (Wildman–Crippen LogP) is 1.28. The normalized spacial score (nSPS) is 18.7. The summed E-state index contributed by atoms with van der Waals surface area (Å²) in [5, 5.41) is 2.98. The lowest BCUT2D eigenvalue weighted by Gasteiger charge is -2.24. The third-order valence-corrected chi connectivity index (χ3v) is 3.05. The average Bonchev–Trinajstić information content (AvgIpc) is 2.09. The zero-order chi connectivity index (χ0) is 10.4. The minimum Gasteiger partial charge on any atom is -0.356 e. The van der Waals surface area contributed by atoms with E-state index in [-0.39, 0.29) is 5.91 Å². The largest absolute Gasteiger partial charge is 0.356 e. The molecule has 0 heterocycles. The SMILES string of the molecule is CC(CN)CCCNC(=O)C1CCC1. The molecule has 0 aromatic heterocycles. The predicted molar refractivity (Wildman–Crippen MR) is 57.8 cm³/mol. The summed E-state index contributed by atoms with van der Waals surface area (Å²) in [5.41, 5.74) is 5.51. The maximum absolute atomic E-state index is 11.4. The van der Waals surface area contributed by atoms with E-state index in [1.54, 1.807) is 0 Å². The highest BCUT2D eigenvalue weighted by atomic mass is 16.1. The molecule has 3 nitrogen and oxygen atoms in total. The van der Waals surface area contributed by atoms with Crippen molar-refractivity contribution < 1.29 is 4.79 Å². The number of amides is 1. The highest BCUT2D eigenvalue weighted by Gasteiger charge is 2.24. The van der Waals surface area contributed by atoms with Crippen LogP contribution in [0.15, 0.2) is 0 Å². The summed E-state index contributed by atoms with van der Waals surface area (Å²) < 4.78 is 0. The first-order valence-corrected chi connectivity index (χ1v) is 5.71. The third-order valence-electron chi connectivity index (χ3n) is 3.05. The van der Waals surface area contributed by atoms with Crippen molar-refractivity contribution in [3.8, 4) is 0 Å². The Hall–Kier alpha value is -0.570. The molecule has 0 bridgehead atoms. The highest BCUT2D eigenvalue weighted by molar-refractivity contribution is 5.79. The molecule has 1 atom stereocenters. The summed E-state index contributed by atoms with van der Waals surface area (Å²) in [6.07, 6.45) is 5.57. The van der Waals surface area contributed by atoms with Gasteiger partial charge in [-0.05, 0) is 38.1 Å². The summed E-state index contributed by atoms with van der Waals surface area (Å²) in [6, 6.07) is 0. The molecule has 0 aromatic carbocycles. The van der Waals surface area contributed by atoms with Crippen LogP contribution in [0.1, 0.15) is 39.0 Å². The van der Waals surface area contributed by atoms with Crippen molar-refractivity contribution in [1.82, 2.24) is 5.32 Å². The summed E-state index contributed by atoms with van der Waals surface area (Å²) in [6.45, 7) is 3.71. The Labute approximate surface area is 86.4 Å². The lowest BCUT2D eigenvalue weighted by molar-refractivity contribution is -0.127. The molecule has 1 unspecified atom stereocenters. The molecule has 1 rings (SSSR count). The van der Waals surface area contributed by atoms with Gasteiger partial charge in [0.15, 0.2) is 0 Å². The lowest BCUT2D eigenvalue weighted by atomic mass is 9.85. The topological polar surface area (TPSA) is 55.1 Å². The van der Waals surface area contributed by atoms with Crippen LogP contribution in [0.25, 0.3) is 0 Å². The van der Waals surface area contributed by atoms with Crippen LogP contribution in [0, 0.1) is 11.8 Å². The van der Waals surface area contributed by atoms with Gasteiger partial charge in [-0.3, -0.25) is 4.79 Å². The molecule has 82 valence electrons. The molecule has 14 heavy (non-hydrogen) atoms. The van der Waals surface area contributed by atoms with E-state index in [0.29, 0.717) is 11.8 Å². The van der Waals surface area contributed by atoms with Crippen LogP contribution in [0.5, 0.6) is 0 Å². The molecule has 1 aliphatic carbocycles. The van der Waals surface area contributed by atoms with Crippen molar-refractivity contribution in [3.63, 3.8) is 0 Å². The molecule has 0 saturated heterocycles. The van der Waals surface area contributed by atoms with Crippen molar-refractivity contribution in [2.24, 2.45) is 17.6 Å². The van der Waals surface area contributed by atoms with Gasteiger partial charge in [0.25, 0.3) is 0 Å². The quantitative estimate of drug-likeness (QED) is 0.632. The number of nitrogens with two attached hydrogens (primary N) is 1. The Balaban J connectivity index is 1.95. The smallest absolute Gasteiger partial charge is 0.223 e.